The van der Waals surface area contributed by atoms with Gasteiger partial charge in [-0.15, -0.1) is 0 Å². The number of nitrogens with two attached hydrogens (primary N) is 1. The molecule has 0 aliphatic heterocycles. The molecule has 194 valence electrons. The van der Waals surface area contributed by atoms with E-state index in [0.29, 0.717) is 17.5 Å². The van der Waals surface area contributed by atoms with Crippen LogP contribution in [-0.2, 0) is 35.5 Å². The topological polar surface area (TPSA) is 86.3 Å². The van der Waals surface area contributed by atoms with Crippen molar-refractivity contribution in [1.29, 1.82) is 0 Å². The number of rotatable bonds is 11. The van der Waals surface area contributed by atoms with Crippen molar-refractivity contribution in [3.8, 4) is 0 Å². The number of nitrogens with zero attached hydrogens (tertiary/aromatic N) is 1. The summed E-state index contributed by atoms with van der Waals surface area (Å²) in [5.41, 5.74) is 8.76. The Morgan fingerprint density at radius 1 is 1.03 bits per heavy atom. The third-order valence-electron chi connectivity index (χ3n) is 6.05. The van der Waals surface area contributed by atoms with E-state index in [1.54, 1.807) is 12.1 Å². The maximum Gasteiger partial charge on any atom is 0.327 e. The van der Waals surface area contributed by atoms with Gasteiger partial charge in [-0.2, -0.15) is 0 Å². The predicted octanol–water partition coefficient (Wildman–Crippen LogP) is 4.18. The number of aromatic nitrogens is 1. The minimum atomic E-state index is -0.793. The molecule has 0 bridgehead atoms. The molecule has 0 spiro atoms. The Kier molecular flexibility index (Phi) is 8.81. The predicted molar refractivity (Wildman–Crippen MR) is 142 cm³/mol. The highest BCUT2D eigenvalue weighted by molar-refractivity contribution is 7.13. The summed E-state index contributed by atoms with van der Waals surface area (Å²) in [6, 6.07) is 17.7. The van der Waals surface area contributed by atoms with E-state index in [9.17, 15) is 18.4 Å². The molecule has 6 nitrogen and oxygen atoms in total. The van der Waals surface area contributed by atoms with Crippen molar-refractivity contribution in [2.75, 3.05) is 6.54 Å². The monoisotopic (exact) mass is 525 g/mol. The molecule has 0 aliphatic rings. The van der Waals surface area contributed by atoms with Crippen molar-refractivity contribution in [2.24, 2.45) is 5.73 Å². The van der Waals surface area contributed by atoms with Gasteiger partial charge in [-0.1, -0.05) is 54.9 Å². The average Bonchev–Trinajstić information content (AvgIpc) is 3.17. The summed E-state index contributed by atoms with van der Waals surface area (Å²) < 4.78 is 35.2. The maximum absolute atomic E-state index is 13.7. The fourth-order valence-electron chi connectivity index (χ4n) is 4.18. The fraction of sp³-hybridized carbons (Fsp3) is 0.286. The van der Waals surface area contributed by atoms with Crippen LogP contribution >= 0.6 is 11.5 Å². The second kappa shape index (κ2) is 12.2. The van der Waals surface area contributed by atoms with E-state index in [2.05, 4.69) is 24.4 Å². The van der Waals surface area contributed by atoms with Gasteiger partial charge in [0.15, 0.2) is 0 Å². The number of esters is 1. The minimum Gasteiger partial charge on any atom is -0.458 e. The highest BCUT2D eigenvalue weighted by Gasteiger charge is 2.24. The van der Waals surface area contributed by atoms with Gasteiger partial charge in [0.2, 0.25) is 0 Å². The van der Waals surface area contributed by atoms with Crippen LogP contribution in [0.5, 0.6) is 0 Å². The summed E-state index contributed by atoms with van der Waals surface area (Å²) in [6.45, 7) is 2.58. The summed E-state index contributed by atoms with van der Waals surface area (Å²) >= 11 is 1.19. The zero-order valence-electron chi connectivity index (χ0n) is 20.5. The molecule has 0 amide bonds. The van der Waals surface area contributed by atoms with Crippen LogP contribution in [0.2, 0.25) is 0 Å². The lowest BCUT2D eigenvalue weighted by Gasteiger charge is -2.25. The number of hydrogen-bond donors (Lipinski definition) is 2. The van der Waals surface area contributed by atoms with Gasteiger partial charge in [0, 0.05) is 25.2 Å². The molecule has 0 saturated carbocycles. The van der Waals surface area contributed by atoms with Gasteiger partial charge in [-0.3, -0.25) is 13.5 Å². The lowest BCUT2D eigenvalue weighted by Crippen LogP contribution is -2.46. The van der Waals surface area contributed by atoms with Gasteiger partial charge in [0.25, 0.3) is 5.56 Å². The molecule has 3 aromatic carbocycles. The normalized spacial score (nSPS) is 13.0. The van der Waals surface area contributed by atoms with Gasteiger partial charge in [-0.05, 0) is 53.8 Å². The average molecular weight is 526 g/mol. The van der Waals surface area contributed by atoms with Crippen LogP contribution in [-0.4, -0.2) is 28.6 Å². The Morgan fingerprint density at radius 3 is 2.49 bits per heavy atom. The van der Waals surface area contributed by atoms with Crippen LogP contribution in [0.4, 0.5) is 8.78 Å². The SMILES string of the molecule is CCc1cccc(CNC[C@@H](OC(=O)Cn2sc3ccccc3c2=O)[C@@H](N)Cc2cc(F)cc(F)c2)c1. The van der Waals surface area contributed by atoms with Crippen molar-refractivity contribution in [3.63, 3.8) is 0 Å². The number of carbonyl (C=O) groups excluding carboxylic acids is 1. The Hall–Kier alpha value is -3.40. The van der Waals surface area contributed by atoms with E-state index < -0.39 is 29.7 Å². The highest BCUT2D eigenvalue weighted by Crippen LogP contribution is 2.17. The highest BCUT2D eigenvalue weighted by atomic mass is 32.1. The molecule has 4 aromatic rings. The van der Waals surface area contributed by atoms with Crippen molar-refractivity contribution in [2.45, 2.75) is 45.0 Å². The second-order valence-electron chi connectivity index (χ2n) is 8.91. The summed E-state index contributed by atoms with van der Waals surface area (Å²) in [6.07, 6.45) is 0.223. The Balaban J connectivity index is 1.46. The summed E-state index contributed by atoms with van der Waals surface area (Å²) in [7, 11) is 0. The molecule has 9 heteroatoms. The van der Waals surface area contributed by atoms with Crippen LogP contribution in [0.3, 0.4) is 0 Å². The Labute approximate surface area is 217 Å². The molecule has 0 aliphatic carbocycles. The number of hydrogen-bond acceptors (Lipinski definition) is 6. The number of halogens is 2. The van der Waals surface area contributed by atoms with Crippen LogP contribution in [0.1, 0.15) is 23.6 Å². The third kappa shape index (κ3) is 7.09. The standard InChI is InChI=1S/C28H29F2N3O3S/c1-2-18-6-5-7-19(10-18)15-32-16-25(24(31)13-20-11-21(29)14-22(30)12-20)36-27(34)17-33-28(35)23-8-3-4-9-26(23)37-33/h3-12,14,24-25,32H,2,13,15-17,31H2,1H3/t24-,25+/m0/s1. The Bertz CT molecular complexity index is 1420. The molecule has 0 unspecified atom stereocenters. The van der Waals surface area contributed by atoms with Gasteiger partial charge in [0.1, 0.15) is 24.3 Å². The summed E-state index contributed by atoms with van der Waals surface area (Å²) in [4.78, 5) is 25.5. The Morgan fingerprint density at radius 2 is 1.76 bits per heavy atom. The van der Waals surface area contributed by atoms with E-state index >= 15 is 0 Å². The van der Waals surface area contributed by atoms with Crippen molar-refractivity contribution < 1.29 is 18.3 Å². The molecule has 2 atom stereocenters. The molecule has 1 aromatic heterocycles. The van der Waals surface area contributed by atoms with Crippen molar-refractivity contribution in [3.05, 3.63) is 105 Å². The van der Waals surface area contributed by atoms with Gasteiger partial charge >= 0.3 is 5.97 Å². The summed E-state index contributed by atoms with van der Waals surface area (Å²) in [5, 5.41) is 3.81. The van der Waals surface area contributed by atoms with E-state index in [4.69, 9.17) is 10.5 Å². The van der Waals surface area contributed by atoms with E-state index in [1.807, 2.05) is 24.3 Å². The molecular weight excluding hydrogens is 496 g/mol. The van der Waals surface area contributed by atoms with Gasteiger partial charge < -0.3 is 15.8 Å². The molecule has 1 heterocycles. The molecule has 0 radical (unpaired) electrons. The number of nitrogens with one attached hydrogen (secondary N) is 1. The van der Waals surface area contributed by atoms with Crippen molar-refractivity contribution >= 4 is 27.6 Å². The zero-order valence-corrected chi connectivity index (χ0v) is 21.3. The largest absolute Gasteiger partial charge is 0.458 e. The number of fused-ring (bicyclic) bond motifs is 1. The molecule has 37 heavy (non-hydrogen) atoms. The quantitative estimate of drug-likeness (QED) is 0.287. The number of ether oxygens (including phenoxy) is 1. The summed E-state index contributed by atoms with van der Waals surface area (Å²) in [5.74, 6) is -2.02. The fourth-order valence-corrected chi connectivity index (χ4v) is 5.16. The van der Waals surface area contributed by atoms with Crippen LogP contribution < -0.4 is 16.6 Å². The first kappa shape index (κ1) is 26.7. The molecule has 0 saturated heterocycles. The van der Waals surface area contributed by atoms with Gasteiger partial charge in [-0.25, -0.2) is 8.78 Å². The smallest absolute Gasteiger partial charge is 0.327 e. The first-order valence-corrected chi connectivity index (χ1v) is 12.9. The van der Waals surface area contributed by atoms with Crippen LogP contribution in [0, 0.1) is 11.6 Å². The third-order valence-corrected chi connectivity index (χ3v) is 7.12. The zero-order chi connectivity index (χ0) is 26.4. The lowest BCUT2D eigenvalue weighted by molar-refractivity contribution is -0.150. The molecule has 3 N–H and O–H groups in total. The molecular formula is C28H29F2N3O3S. The first-order valence-electron chi connectivity index (χ1n) is 12.1. The first-order chi connectivity index (χ1) is 17.8. The van der Waals surface area contributed by atoms with Crippen molar-refractivity contribution in [1.82, 2.24) is 9.27 Å². The van der Waals surface area contributed by atoms with E-state index in [-0.39, 0.29) is 25.1 Å². The molecule has 4 rings (SSSR count). The minimum absolute atomic E-state index is 0.0997. The van der Waals surface area contributed by atoms with Gasteiger partial charge in [0.05, 0.1) is 10.1 Å². The molecule has 0 fully saturated rings. The maximum atomic E-state index is 13.7. The second-order valence-corrected chi connectivity index (χ2v) is 9.97. The number of benzene rings is 3. The van der Waals surface area contributed by atoms with E-state index in [1.165, 1.54) is 33.2 Å². The number of aryl methyl sites for hydroxylation is 1. The van der Waals surface area contributed by atoms with Crippen LogP contribution in [0.15, 0.2) is 71.5 Å². The van der Waals surface area contributed by atoms with Crippen LogP contribution in [0.25, 0.3) is 10.1 Å². The number of carbonyl (C=O) groups is 1. The lowest BCUT2D eigenvalue weighted by atomic mass is 10.0. The van der Waals surface area contributed by atoms with E-state index in [0.717, 1.165) is 22.8 Å².